The van der Waals surface area contributed by atoms with Crippen molar-refractivity contribution in [3.8, 4) is 0 Å². The fourth-order valence-electron chi connectivity index (χ4n) is 3.34. The van der Waals surface area contributed by atoms with Crippen LogP contribution in [0.3, 0.4) is 0 Å². The molecule has 2 aliphatic rings. The van der Waals surface area contributed by atoms with Gasteiger partial charge in [-0.3, -0.25) is 0 Å². The molecule has 0 bridgehead atoms. The van der Waals surface area contributed by atoms with Gasteiger partial charge in [0, 0.05) is 4.75 Å². The van der Waals surface area contributed by atoms with Gasteiger partial charge in [0.05, 0.1) is 0 Å². The molecule has 0 aliphatic heterocycles. The molecule has 0 nitrogen and oxygen atoms in total. The lowest BCUT2D eigenvalue weighted by atomic mass is 9.77. The third kappa shape index (κ3) is 2.92. The molecular weight excluding hydrogens is 188 g/mol. The highest BCUT2D eigenvalue weighted by Gasteiger charge is 2.31. The van der Waals surface area contributed by atoms with Crippen molar-refractivity contribution in [2.24, 2.45) is 5.92 Å². The van der Waals surface area contributed by atoms with E-state index in [0.29, 0.717) is 4.75 Å². The maximum Gasteiger partial charge on any atom is 0.0132 e. The summed E-state index contributed by atoms with van der Waals surface area (Å²) in [5.41, 5.74) is 0. The average Bonchev–Trinajstić information content (AvgIpc) is 2.19. The van der Waals surface area contributed by atoms with Crippen molar-refractivity contribution in [3.63, 3.8) is 0 Å². The summed E-state index contributed by atoms with van der Waals surface area (Å²) in [7, 11) is 0. The summed E-state index contributed by atoms with van der Waals surface area (Å²) in [6.07, 6.45) is 15.9. The molecule has 2 rings (SSSR count). The third-order valence-corrected chi connectivity index (χ3v) is 4.81. The lowest BCUT2D eigenvalue weighted by Crippen LogP contribution is -2.28. The van der Waals surface area contributed by atoms with Gasteiger partial charge in [-0.25, -0.2) is 0 Å². The van der Waals surface area contributed by atoms with Gasteiger partial charge in [0.2, 0.25) is 0 Å². The van der Waals surface area contributed by atoms with E-state index < -0.39 is 0 Å². The Morgan fingerprint density at radius 3 is 2.07 bits per heavy atom. The minimum absolute atomic E-state index is 0.431. The largest absolute Gasteiger partial charge is 0.172 e. The van der Waals surface area contributed by atoms with Crippen LogP contribution in [0.25, 0.3) is 0 Å². The first-order chi connectivity index (χ1) is 6.79. The van der Waals surface area contributed by atoms with Crippen molar-refractivity contribution < 1.29 is 0 Å². The zero-order chi connectivity index (χ0) is 9.86. The van der Waals surface area contributed by atoms with E-state index in [2.05, 4.69) is 0 Å². The van der Waals surface area contributed by atoms with Gasteiger partial charge in [-0.05, 0) is 25.2 Å². The molecule has 0 spiro atoms. The van der Waals surface area contributed by atoms with Crippen LogP contribution in [0.2, 0.25) is 0 Å². The van der Waals surface area contributed by atoms with Crippen LogP contribution in [0.1, 0.15) is 70.6 Å². The first-order valence-corrected chi connectivity index (χ1v) is 6.96. The number of rotatable bonds is 2. The van der Waals surface area contributed by atoms with Gasteiger partial charge in [-0.1, -0.05) is 51.4 Å². The number of hydrogen-bond donors (Lipinski definition) is 1. The molecule has 0 heterocycles. The van der Waals surface area contributed by atoms with Crippen molar-refractivity contribution in [2.45, 2.75) is 75.4 Å². The Balaban J connectivity index is 1.81. The third-order valence-electron chi connectivity index (χ3n) is 4.18. The van der Waals surface area contributed by atoms with E-state index in [0.717, 1.165) is 5.92 Å². The van der Waals surface area contributed by atoms with Crippen molar-refractivity contribution in [3.05, 3.63) is 0 Å². The van der Waals surface area contributed by atoms with Crippen LogP contribution in [0, 0.1) is 5.92 Å². The first-order valence-electron chi connectivity index (χ1n) is 6.51. The van der Waals surface area contributed by atoms with Crippen LogP contribution in [0.15, 0.2) is 0 Å². The van der Waals surface area contributed by atoms with E-state index in [-0.39, 0.29) is 0 Å². The molecule has 0 radical (unpaired) electrons. The molecule has 0 aromatic rings. The summed E-state index contributed by atoms with van der Waals surface area (Å²) in [6.45, 7) is 0. The molecular formula is C13H24S. The number of hydrogen-bond acceptors (Lipinski definition) is 1. The highest BCUT2D eigenvalue weighted by atomic mass is 32.1. The molecule has 0 atom stereocenters. The average molecular weight is 212 g/mol. The van der Waals surface area contributed by atoms with E-state index >= 15 is 0 Å². The minimum atomic E-state index is 0.431. The van der Waals surface area contributed by atoms with Gasteiger partial charge in [0.1, 0.15) is 0 Å². The summed E-state index contributed by atoms with van der Waals surface area (Å²) in [5, 5.41) is 0. The predicted molar refractivity (Wildman–Crippen MR) is 66.0 cm³/mol. The summed E-state index contributed by atoms with van der Waals surface area (Å²) in [4.78, 5) is 0. The van der Waals surface area contributed by atoms with E-state index in [1.165, 1.54) is 70.6 Å². The second kappa shape index (κ2) is 4.92. The predicted octanol–water partition coefficient (Wildman–Crippen LogP) is 4.59. The smallest absolute Gasteiger partial charge is 0.0132 e. The monoisotopic (exact) mass is 212 g/mol. The first kappa shape index (κ1) is 10.9. The van der Waals surface area contributed by atoms with Crippen LogP contribution in [-0.4, -0.2) is 4.75 Å². The van der Waals surface area contributed by atoms with Gasteiger partial charge < -0.3 is 0 Å². The summed E-state index contributed by atoms with van der Waals surface area (Å²) < 4.78 is 0.431. The highest BCUT2D eigenvalue weighted by Crippen LogP contribution is 2.41. The normalized spacial score (nSPS) is 28.9. The molecule has 1 heteroatoms. The van der Waals surface area contributed by atoms with Gasteiger partial charge >= 0.3 is 0 Å². The van der Waals surface area contributed by atoms with Gasteiger partial charge in [-0.2, -0.15) is 12.6 Å². The van der Waals surface area contributed by atoms with E-state index in [9.17, 15) is 0 Å². The van der Waals surface area contributed by atoms with Crippen molar-refractivity contribution >= 4 is 12.6 Å². The van der Waals surface area contributed by atoms with Gasteiger partial charge in [0.15, 0.2) is 0 Å². The second-order valence-corrected chi connectivity index (χ2v) is 6.44. The van der Waals surface area contributed by atoms with Crippen LogP contribution in [0.5, 0.6) is 0 Å². The maximum atomic E-state index is 4.96. The molecule has 2 saturated carbocycles. The molecule has 0 amide bonds. The Kier molecular flexibility index (Phi) is 3.81. The second-order valence-electron chi connectivity index (χ2n) is 5.49. The van der Waals surface area contributed by atoms with E-state index in [1.54, 1.807) is 0 Å². The molecule has 0 unspecified atom stereocenters. The fraction of sp³-hybridized carbons (Fsp3) is 1.00. The Labute approximate surface area is 94.3 Å². The van der Waals surface area contributed by atoms with Crippen molar-refractivity contribution in [1.82, 2.24) is 0 Å². The SMILES string of the molecule is SC1(CC2CCCCC2)CCCCC1. The summed E-state index contributed by atoms with van der Waals surface area (Å²) in [5.74, 6) is 1.01. The topological polar surface area (TPSA) is 0 Å². The van der Waals surface area contributed by atoms with Gasteiger partial charge in [-0.15, -0.1) is 0 Å². The van der Waals surface area contributed by atoms with Crippen LogP contribution in [0.4, 0.5) is 0 Å². The molecule has 82 valence electrons. The zero-order valence-electron chi connectivity index (χ0n) is 9.30. The number of thiol groups is 1. The standard InChI is InChI=1S/C13H24S/c14-13(9-5-2-6-10-13)11-12-7-3-1-4-8-12/h12,14H,1-11H2. The Hall–Kier alpha value is 0.350. The molecule has 0 N–H and O–H groups in total. The molecule has 0 saturated heterocycles. The van der Waals surface area contributed by atoms with E-state index in [4.69, 9.17) is 12.6 Å². The molecule has 2 aliphatic carbocycles. The van der Waals surface area contributed by atoms with Crippen molar-refractivity contribution in [2.75, 3.05) is 0 Å². The molecule has 0 aromatic carbocycles. The lowest BCUT2D eigenvalue weighted by molar-refractivity contribution is 0.269. The molecule has 2 fully saturated rings. The van der Waals surface area contributed by atoms with Gasteiger partial charge in [0.25, 0.3) is 0 Å². The van der Waals surface area contributed by atoms with Crippen molar-refractivity contribution in [1.29, 1.82) is 0 Å². The van der Waals surface area contributed by atoms with E-state index in [1.807, 2.05) is 0 Å². The fourth-order valence-corrected chi connectivity index (χ4v) is 3.92. The van der Waals surface area contributed by atoms with Crippen LogP contribution in [-0.2, 0) is 0 Å². The highest BCUT2D eigenvalue weighted by molar-refractivity contribution is 7.81. The Morgan fingerprint density at radius 1 is 0.857 bits per heavy atom. The van der Waals surface area contributed by atoms with Crippen LogP contribution < -0.4 is 0 Å². The zero-order valence-corrected chi connectivity index (χ0v) is 10.2. The quantitative estimate of drug-likeness (QED) is 0.636. The molecule has 0 aromatic heterocycles. The van der Waals surface area contributed by atoms with Crippen LogP contribution >= 0.6 is 12.6 Å². The lowest BCUT2D eigenvalue weighted by Gasteiger charge is -2.37. The maximum absolute atomic E-state index is 4.96. The Morgan fingerprint density at radius 2 is 1.43 bits per heavy atom. The summed E-state index contributed by atoms with van der Waals surface area (Å²) in [6, 6.07) is 0. The minimum Gasteiger partial charge on any atom is -0.172 e. The molecule has 14 heavy (non-hydrogen) atoms. The summed E-state index contributed by atoms with van der Waals surface area (Å²) >= 11 is 4.96. The Bertz CT molecular complexity index is 164.